The molecule has 0 bridgehead atoms. The highest BCUT2D eigenvalue weighted by Gasteiger charge is 2.14. The van der Waals surface area contributed by atoms with E-state index in [1.54, 1.807) is 0 Å². The van der Waals surface area contributed by atoms with Gasteiger partial charge in [-0.1, -0.05) is 24.3 Å². The van der Waals surface area contributed by atoms with E-state index >= 15 is 0 Å². The lowest BCUT2D eigenvalue weighted by atomic mass is 9.91. The number of rotatable bonds is 4. The van der Waals surface area contributed by atoms with Crippen molar-refractivity contribution < 1.29 is 4.74 Å². The summed E-state index contributed by atoms with van der Waals surface area (Å²) >= 11 is 0. The van der Waals surface area contributed by atoms with Crippen LogP contribution in [0.15, 0.2) is 24.3 Å². The first-order valence-electron chi connectivity index (χ1n) is 7.99. The summed E-state index contributed by atoms with van der Waals surface area (Å²) in [6, 6.07) is 9.29. The van der Waals surface area contributed by atoms with Crippen molar-refractivity contribution >= 4 is 0 Å². The average Bonchev–Trinajstić information content (AvgIpc) is 2.51. The molecule has 0 radical (unpaired) electrons. The fourth-order valence-electron chi connectivity index (χ4n) is 3.22. The monoisotopic (exact) mass is 274 g/mol. The van der Waals surface area contributed by atoms with E-state index in [1.807, 2.05) is 0 Å². The molecule has 0 spiro atoms. The largest absolute Gasteiger partial charge is 0.379 e. The van der Waals surface area contributed by atoms with Crippen LogP contribution in [0.3, 0.4) is 0 Å². The summed E-state index contributed by atoms with van der Waals surface area (Å²) in [6.07, 6.45) is 3.91. The van der Waals surface area contributed by atoms with Gasteiger partial charge >= 0.3 is 0 Å². The van der Waals surface area contributed by atoms with Gasteiger partial charge in [-0.05, 0) is 49.4 Å². The van der Waals surface area contributed by atoms with Crippen molar-refractivity contribution in [3.63, 3.8) is 0 Å². The van der Waals surface area contributed by atoms with Crippen molar-refractivity contribution in [2.45, 2.75) is 25.8 Å². The van der Waals surface area contributed by atoms with Crippen LogP contribution in [0.4, 0.5) is 0 Å². The second-order valence-corrected chi connectivity index (χ2v) is 6.10. The summed E-state index contributed by atoms with van der Waals surface area (Å²) in [4.78, 5) is 2.48. The van der Waals surface area contributed by atoms with Crippen LogP contribution in [0.2, 0.25) is 0 Å². The van der Waals surface area contributed by atoms with Crippen LogP contribution < -0.4 is 5.32 Å². The molecular formula is C17H26N2O. The van der Waals surface area contributed by atoms with E-state index < -0.39 is 0 Å². The Bertz CT molecular complexity index is 353. The van der Waals surface area contributed by atoms with Crippen LogP contribution in [-0.2, 0) is 17.7 Å². The van der Waals surface area contributed by atoms with Crippen LogP contribution >= 0.6 is 0 Å². The van der Waals surface area contributed by atoms with E-state index in [0.717, 1.165) is 38.8 Å². The van der Waals surface area contributed by atoms with Gasteiger partial charge in [0.15, 0.2) is 0 Å². The number of nitrogens with one attached hydrogen (secondary N) is 1. The highest BCUT2D eigenvalue weighted by Crippen LogP contribution is 2.18. The molecule has 3 rings (SSSR count). The molecule has 110 valence electrons. The molecule has 3 heteroatoms. The molecule has 2 heterocycles. The minimum atomic E-state index is 0.876. The second kappa shape index (κ2) is 7.21. The predicted octanol–water partition coefficient (Wildman–Crippen LogP) is 2.06. The van der Waals surface area contributed by atoms with Crippen molar-refractivity contribution in [1.29, 1.82) is 0 Å². The molecule has 0 saturated carbocycles. The van der Waals surface area contributed by atoms with Crippen molar-refractivity contribution in [3.8, 4) is 0 Å². The summed E-state index contributed by atoms with van der Waals surface area (Å²) in [5.41, 5.74) is 2.93. The maximum absolute atomic E-state index is 5.39. The maximum atomic E-state index is 5.39. The van der Waals surface area contributed by atoms with Crippen LogP contribution in [0.1, 0.15) is 24.0 Å². The van der Waals surface area contributed by atoms with Gasteiger partial charge in [-0.25, -0.2) is 0 Å². The Hall–Kier alpha value is -0.900. The smallest absolute Gasteiger partial charge is 0.0594 e. The van der Waals surface area contributed by atoms with Crippen molar-refractivity contribution in [1.82, 2.24) is 10.2 Å². The summed E-state index contributed by atoms with van der Waals surface area (Å²) in [5, 5.41) is 3.44. The molecule has 1 aromatic rings. The molecule has 2 fully saturated rings. The molecular weight excluding hydrogens is 248 g/mol. The van der Waals surface area contributed by atoms with Gasteiger partial charge in [-0.3, -0.25) is 4.90 Å². The highest BCUT2D eigenvalue weighted by atomic mass is 16.5. The van der Waals surface area contributed by atoms with E-state index in [4.69, 9.17) is 4.74 Å². The molecule has 0 aromatic heterocycles. The highest BCUT2D eigenvalue weighted by molar-refractivity contribution is 5.23. The Balaban J connectivity index is 1.51. The number of ether oxygens (including phenoxy) is 1. The Labute approximate surface area is 122 Å². The van der Waals surface area contributed by atoms with E-state index in [0.29, 0.717) is 0 Å². The summed E-state index contributed by atoms with van der Waals surface area (Å²) in [5.74, 6) is 0.876. The second-order valence-electron chi connectivity index (χ2n) is 6.10. The van der Waals surface area contributed by atoms with Gasteiger partial charge in [0.1, 0.15) is 0 Å². The van der Waals surface area contributed by atoms with Crippen molar-refractivity contribution in [3.05, 3.63) is 35.4 Å². The molecule has 0 unspecified atom stereocenters. The first-order valence-corrected chi connectivity index (χ1v) is 7.99. The maximum Gasteiger partial charge on any atom is 0.0594 e. The topological polar surface area (TPSA) is 24.5 Å². The van der Waals surface area contributed by atoms with Gasteiger partial charge in [0, 0.05) is 19.6 Å². The molecule has 2 saturated heterocycles. The van der Waals surface area contributed by atoms with Gasteiger partial charge < -0.3 is 10.1 Å². The molecule has 0 amide bonds. The minimum absolute atomic E-state index is 0.876. The third-order valence-corrected chi connectivity index (χ3v) is 4.52. The number of piperidine rings is 1. The van der Waals surface area contributed by atoms with E-state index in [2.05, 4.69) is 34.5 Å². The standard InChI is InChI=1S/C17H26N2O/c1-3-17(14-19-9-11-20-12-10-19)4-2-15(1)13-16-5-7-18-8-6-16/h1-4,16,18H,5-14H2. The number of hydrogen-bond donors (Lipinski definition) is 1. The third-order valence-electron chi connectivity index (χ3n) is 4.52. The molecule has 3 nitrogen and oxygen atoms in total. The van der Waals surface area contributed by atoms with Gasteiger partial charge in [0.05, 0.1) is 13.2 Å². The lowest BCUT2D eigenvalue weighted by Crippen LogP contribution is -2.35. The average molecular weight is 274 g/mol. The van der Waals surface area contributed by atoms with Crippen molar-refractivity contribution in [2.24, 2.45) is 5.92 Å². The van der Waals surface area contributed by atoms with Crippen LogP contribution in [-0.4, -0.2) is 44.3 Å². The number of benzene rings is 1. The van der Waals surface area contributed by atoms with Gasteiger partial charge in [0.25, 0.3) is 0 Å². The first kappa shape index (κ1) is 14.1. The fourth-order valence-corrected chi connectivity index (χ4v) is 3.22. The van der Waals surface area contributed by atoms with E-state index in [9.17, 15) is 0 Å². The van der Waals surface area contributed by atoms with Gasteiger partial charge in [-0.15, -0.1) is 0 Å². The van der Waals surface area contributed by atoms with Crippen LogP contribution in [0, 0.1) is 5.92 Å². The SMILES string of the molecule is c1cc(CN2CCOCC2)ccc1CC1CCNCC1. The quantitative estimate of drug-likeness (QED) is 0.909. The predicted molar refractivity (Wildman–Crippen MR) is 81.8 cm³/mol. The molecule has 20 heavy (non-hydrogen) atoms. The Morgan fingerprint density at radius 1 is 1.00 bits per heavy atom. The van der Waals surface area contributed by atoms with Gasteiger partial charge in [-0.2, -0.15) is 0 Å². The zero-order valence-electron chi connectivity index (χ0n) is 12.3. The van der Waals surface area contributed by atoms with E-state index in [-0.39, 0.29) is 0 Å². The zero-order chi connectivity index (χ0) is 13.6. The van der Waals surface area contributed by atoms with Crippen molar-refractivity contribution in [2.75, 3.05) is 39.4 Å². The Morgan fingerprint density at radius 3 is 2.35 bits per heavy atom. The van der Waals surface area contributed by atoms with Gasteiger partial charge in [0.2, 0.25) is 0 Å². The number of nitrogens with zero attached hydrogens (tertiary/aromatic N) is 1. The Morgan fingerprint density at radius 2 is 1.65 bits per heavy atom. The zero-order valence-corrected chi connectivity index (χ0v) is 12.3. The third kappa shape index (κ3) is 4.05. The molecule has 0 atom stereocenters. The Kier molecular flexibility index (Phi) is 5.06. The summed E-state index contributed by atoms with van der Waals surface area (Å²) < 4.78 is 5.39. The molecule has 1 aromatic carbocycles. The molecule has 2 aliphatic rings. The lowest BCUT2D eigenvalue weighted by molar-refractivity contribution is 0.0342. The first-order chi connectivity index (χ1) is 9.90. The molecule has 1 N–H and O–H groups in total. The fraction of sp³-hybridized carbons (Fsp3) is 0.647. The molecule has 0 aliphatic carbocycles. The summed E-state index contributed by atoms with van der Waals surface area (Å²) in [6.45, 7) is 7.35. The molecule has 2 aliphatic heterocycles. The normalized spacial score (nSPS) is 22.0. The summed E-state index contributed by atoms with van der Waals surface area (Å²) in [7, 11) is 0. The number of hydrogen-bond acceptors (Lipinski definition) is 3. The van der Waals surface area contributed by atoms with E-state index in [1.165, 1.54) is 43.5 Å². The number of morpholine rings is 1. The minimum Gasteiger partial charge on any atom is -0.379 e. The van der Waals surface area contributed by atoms with Crippen LogP contribution in [0.25, 0.3) is 0 Å². The van der Waals surface area contributed by atoms with Crippen LogP contribution in [0.5, 0.6) is 0 Å². The lowest BCUT2D eigenvalue weighted by Gasteiger charge is -2.26.